The topological polar surface area (TPSA) is 57.7 Å². The molecule has 0 N–H and O–H groups in total. The number of amides is 1. The van der Waals surface area contributed by atoms with Crippen molar-refractivity contribution >= 4 is 21.6 Å². The van der Waals surface area contributed by atoms with Gasteiger partial charge in [-0.2, -0.15) is 4.31 Å². The fourth-order valence-electron chi connectivity index (χ4n) is 3.90. The minimum Gasteiger partial charge on any atom is -0.312 e. The second kappa shape index (κ2) is 7.44. The Hall–Kier alpha value is -2.18. The van der Waals surface area contributed by atoms with E-state index >= 15 is 0 Å². The number of piperidine rings is 1. The largest absolute Gasteiger partial charge is 0.312 e. The average Bonchev–Trinajstić information content (AvgIpc) is 3.13. The number of benzene rings is 2. The van der Waals surface area contributed by atoms with E-state index in [0.717, 1.165) is 36.9 Å². The molecule has 0 aromatic heterocycles. The molecule has 4 rings (SSSR count). The van der Waals surface area contributed by atoms with Gasteiger partial charge >= 0.3 is 0 Å². The first-order chi connectivity index (χ1) is 13.1. The van der Waals surface area contributed by atoms with Crippen molar-refractivity contribution in [3.8, 4) is 0 Å². The molecule has 27 heavy (non-hydrogen) atoms. The third kappa shape index (κ3) is 3.64. The van der Waals surface area contributed by atoms with Gasteiger partial charge in [0.2, 0.25) is 15.9 Å². The van der Waals surface area contributed by atoms with Gasteiger partial charge in [0.15, 0.2) is 0 Å². The van der Waals surface area contributed by atoms with Crippen LogP contribution >= 0.6 is 0 Å². The highest BCUT2D eigenvalue weighted by Gasteiger charge is 2.27. The third-order valence-corrected chi connectivity index (χ3v) is 7.33. The van der Waals surface area contributed by atoms with Crippen LogP contribution in [-0.2, 0) is 27.7 Å². The number of hydrogen-bond donors (Lipinski definition) is 0. The molecule has 2 aromatic rings. The number of rotatable bonds is 4. The molecule has 0 unspecified atom stereocenters. The summed E-state index contributed by atoms with van der Waals surface area (Å²) in [6.45, 7) is 1.90. The number of nitrogens with zero attached hydrogens (tertiary/aromatic N) is 2. The normalized spacial score (nSPS) is 17.7. The molecule has 0 spiro atoms. The third-order valence-electron chi connectivity index (χ3n) is 5.42. The number of para-hydroxylation sites is 1. The number of fused-ring (bicyclic) bond motifs is 1. The van der Waals surface area contributed by atoms with Crippen molar-refractivity contribution in [2.24, 2.45) is 0 Å². The molecule has 1 fully saturated rings. The second-order valence-electron chi connectivity index (χ2n) is 7.21. The van der Waals surface area contributed by atoms with Crippen molar-refractivity contribution in [3.63, 3.8) is 0 Å². The predicted molar refractivity (Wildman–Crippen MR) is 105 cm³/mol. The summed E-state index contributed by atoms with van der Waals surface area (Å²) in [4.78, 5) is 14.8. The molecule has 0 bridgehead atoms. The Labute approximate surface area is 160 Å². The lowest BCUT2D eigenvalue weighted by Gasteiger charge is -2.25. The number of carbonyl (C=O) groups is 1. The zero-order valence-electron chi connectivity index (χ0n) is 15.3. The molecule has 0 aliphatic carbocycles. The molecule has 5 nitrogen and oxygen atoms in total. The summed E-state index contributed by atoms with van der Waals surface area (Å²) < 4.78 is 27.0. The van der Waals surface area contributed by atoms with Gasteiger partial charge < -0.3 is 4.90 Å². The summed E-state index contributed by atoms with van der Waals surface area (Å²) in [6.07, 6.45) is 4.09. The number of carbonyl (C=O) groups excluding carboxylic acids is 1. The van der Waals surface area contributed by atoms with Crippen LogP contribution in [-0.4, -0.2) is 38.3 Å². The van der Waals surface area contributed by atoms with Crippen LogP contribution in [0.1, 0.15) is 30.4 Å². The smallest absolute Gasteiger partial charge is 0.243 e. The standard InChI is InChI=1S/C21H24N2O3S/c24-21(23-15-12-18-6-2-3-7-20(18)23)16-17-8-10-19(11-9-17)27(25,26)22-13-4-1-5-14-22/h2-3,6-11H,1,4-5,12-16H2. The summed E-state index contributed by atoms with van der Waals surface area (Å²) in [5.74, 6) is 0.0478. The minimum absolute atomic E-state index is 0.0478. The summed E-state index contributed by atoms with van der Waals surface area (Å²) in [5.41, 5.74) is 3.03. The molecule has 1 amide bonds. The molecular weight excluding hydrogens is 360 g/mol. The van der Waals surface area contributed by atoms with Crippen molar-refractivity contribution in [1.82, 2.24) is 4.31 Å². The van der Waals surface area contributed by atoms with E-state index in [1.54, 1.807) is 28.6 Å². The van der Waals surface area contributed by atoms with E-state index in [1.165, 1.54) is 5.56 Å². The highest BCUT2D eigenvalue weighted by Crippen LogP contribution is 2.28. The highest BCUT2D eigenvalue weighted by atomic mass is 32.2. The Balaban J connectivity index is 1.46. The lowest BCUT2D eigenvalue weighted by molar-refractivity contribution is -0.117. The van der Waals surface area contributed by atoms with Crippen LogP contribution in [0.25, 0.3) is 0 Å². The van der Waals surface area contributed by atoms with Gasteiger partial charge in [0.05, 0.1) is 11.3 Å². The number of hydrogen-bond acceptors (Lipinski definition) is 3. The predicted octanol–water partition coefficient (Wildman–Crippen LogP) is 2.99. The molecule has 0 radical (unpaired) electrons. The molecule has 1 saturated heterocycles. The summed E-state index contributed by atoms with van der Waals surface area (Å²) in [6, 6.07) is 14.8. The molecule has 2 aromatic carbocycles. The summed E-state index contributed by atoms with van der Waals surface area (Å²) in [5, 5.41) is 0. The van der Waals surface area contributed by atoms with Gasteiger partial charge in [-0.05, 0) is 48.6 Å². The molecular formula is C21H24N2O3S. The fraction of sp³-hybridized carbons (Fsp3) is 0.381. The first-order valence-corrected chi connectivity index (χ1v) is 11.0. The zero-order valence-corrected chi connectivity index (χ0v) is 16.1. The van der Waals surface area contributed by atoms with Gasteiger partial charge in [0, 0.05) is 25.3 Å². The summed E-state index contributed by atoms with van der Waals surface area (Å²) in [7, 11) is -3.42. The van der Waals surface area contributed by atoms with Crippen molar-refractivity contribution in [3.05, 3.63) is 59.7 Å². The lowest BCUT2D eigenvalue weighted by Crippen LogP contribution is -2.35. The van der Waals surface area contributed by atoms with Crippen LogP contribution in [0, 0.1) is 0 Å². The average molecular weight is 385 g/mol. The van der Waals surface area contributed by atoms with Crippen LogP contribution in [0.3, 0.4) is 0 Å². The molecule has 6 heteroatoms. The minimum atomic E-state index is -3.42. The highest BCUT2D eigenvalue weighted by molar-refractivity contribution is 7.89. The van der Waals surface area contributed by atoms with E-state index in [1.807, 2.05) is 23.1 Å². The maximum Gasteiger partial charge on any atom is 0.243 e. The molecule has 2 aliphatic rings. The van der Waals surface area contributed by atoms with Gasteiger partial charge in [0.25, 0.3) is 0 Å². The Morgan fingerprint density at radius 1 is 0.889 bits per heavy atom. The van der Waals surface area contributed by atoms with Gasteiger partial charge in [-0.1, -0.05) is 36.8 Å². The van der Waals surface area contributed by atoms with Gasteiger partial charge in [-0.15, -0.1) is 0 Å². The van der Waals surface area contributed by atoms with E-state index in [0.29, 0.717) is 24.5 Å². The number of anilines is 1. The fourth-order valence-corrected chi connectivity index (χ4v) is 5.42. The monoisotopic (exact) mass is 384 g/mol. The Morgan fingerprint density at radius 2 is 1.59 bits per heavy atom. The van der Waals surface area contributed by atoms with Gasteiger partial charge in [0.1, 0.15) is 0 Å². The van der Waals surface area contributed by atoms with E-state index in [2.05, 4.69) is 6.07 Å². The van der Waals surface area contributed by atoms with Crippen LogP contribution in [0.5, 0.6) is 0 Å². The molecule has 0 saturated carbocycles. The van der Waals surface area contributed by atoms with Crippen molar-refractivity contribution in [2.75, 3.05) is 24.5 Å². The van der Waals surface area contributed by atoms with E-state index in [-0.39, 0.29) is 12.3 Å². The Bertz CT molecular complexity index is 932. The maximum atomic E-state index is 12.7. The van der Waals surface area contributed by atoms with E-state index in [9.17, 15) is 13.2 Å². The SMILES string of the molecule is O=C(Cc1ccc(S(=O)(=O)N2CCCCC2)cc1)N1CCc2ccccc21. The van der Waals surface area contributed by atoms with Gasteiger partial charge in [-0.25, -0.2) is 8.42 Å². The van der Waals surface area contributed by atoms with Gasteiger partial charge in [-0.3, -0.25) is 4.79 Å². The van der Waals surface area contributed by atoms with E-state index < -0.39 is 10.0 Å². The first kappa shape index (κ1) is 18.2. The quantitative estimate of drug-likeness (QED) is 0.814. The lowest BCUT2D eigenvalue weighted by atomic mass is 10.1. The first-order valence-electron chi connectivity index (χ1n) is 9.53. The molecule has 2 aliphatic heterocycles. The van der Waals surface area contributed by atoms with Crippen molar-refractivity contribution < 1.29 is 13.2 Å². The molecule has 0 atom stereocenters. The van der Waals surface area contributed by atoms with Crippen LogP contribution in [0.2, 0.25) is 0 Å². The van der Waals surface area contributed by atoms with Crippen molar-refractivity contribution in [2.45, 2.75) is 37.0 Å². The van der Waals surface area contributed by atoms with Crippen molar-refractivity contribution in [1.29, 1.82) is 0 Å². The van der Waals surface area contributed by atoms with Crippen LogP contribution < -0.4 is 4.90 Å². The number of sulfonamides is 1. The molecule has 2 heterocycles. The summed E-state index contributed by atoms with van der Waals surface area (Å²) >= 11 is 0. The van der Waals surface area contributed by atoms with Crippen LogP contribution in [0.15, 0.2) is 53.4 Å². The zero-order chi connectivity index (χ0) is 18.9. The Kier molecular flexibility index (Phi) is 5.02. The molecule has 142 valence electrons. The maximum absolute atomic E-state index is 12.7. The van der Waals surface area contributed by atoms with E-state index in [4.69, 9.17) is 0 Å². The van der Waals surface area contributed by atoms with Crippen LogP contribution in [0.4, 0.5) is 5.69 Å². The second-order valence-corrected chi connectivity index (χ2v) is 9.15. The Morgan fingerprint density at radius 3 is 2.33 bits per heavy atom.